The van der Waals surface area contributed by atoms with E-state index in [1.165, 1.54) is 0 Å². The topological polar surface area (TPSA) is 24.4 Å². The second-order valence-electron chi connectivity index (χ2n) is 4.22. The molecule has 2 heteroatoms. The highest BCUT2D eigenvalue weighted by Gasteiger charge is 2.41. The number of hydrogen-bond donors (Lipinski definition) is 1. The van der Waals surface area contributed by atoms with Crippen LogP contribution in [-0.4, -0.2) is 16.9 Å². The van der Waals surface area contributed by atoms with Crippen LogP contribution in [0.3, 0.4) is 0 Å². The SMILES string of the molecule is CCC1=NC(C)(C)C(C)(C)N1. The van der Waals surface area contributed by atoms with E-state index in [0.717, 1.165) is 12.3 Å². The van der Waals surface area contributed by atoms with E-state index < -0.39 is 0 Å². The fraction of sp³-hybridized carbons (Fsp3) is 0.889. The van der Waals surface area contributed by atoms with Crippen molar-refractivity contribution in [2.75, 3.05) is 0 Å². The standard InChI is InChI=1S/C9H18N2/c1-6-7-10-8(2,3)9(4,5)11-7/h6H2,1-5H3,(H,10,11). The third kappa shape index (κ3) is 1.26. The Hall–Kier alpha value is -0.530. The molecule has 0 aromatic carbocycles. The van der Waals surface area contributed by atoms with Gasteiger partial charge in [0.1, 0.15) is 0 Å². The number of nitrogens with zero attached hydrogens (tertiary/aromatic N) is 1. The molecule has 0 saturated carbocycles. The lowest BCUT2D eigenvalue weighted by molar-refractivity contribution is 0.309. The molecule has 0 fully saturated rings. The lowest BCUT2D eigenvalue weighted by Crippen LogP contribution is -2.50. The van der Waals surface area contributed by atoms with Gasteiger partial charge in [0.25, 0.3) is 0 Å². The maximum atomic E-state index is 4.60. The zero-order valence-electron chi connectivity index (χ0n) is 8.15. The van der Waals surface area contributed by atoms with Crippen LogP contribution in [0.5, 0.6) is 0 Å². The second kappa shape index (κ2) is 2.23. The molecule has 11 heavy (non-hydrogen) atoms. The molecule has 2 nitrogen and oxygen atoms in total. The number of nitrogens with one attached hydrogen (secondary N) is 1. The van der Waals surface area contributed by atoms with E-state index in [2.05, 4.69) is 44.9 Å². The summed E-state index contributed by atoms with van der Waals surface area (Å²) in [6.45, 7) is 10.9. The Labute approximate surface area is 69.1 Å². The molecule has 1 aliphatic heterocycles. The van der Waals surface area contributed by atoms with Crippen molar-refractivity contribution in [2.24, 2.45) is 4.99 Å². The Balaban J connectivity index is 2.87. The zero-order valence-corrected chi connectivity index (χ0v) is 8.15. The number of amidine groups is 1. The van der Waals surface area contributed by atoms with Gasteiger partial charge in [-0.1, -0.05) is 6.92 Å². The monoisotopic (exact) mass is 154 g/mol. The van der Waals surface area contributed by atoms with Crippen LogP contribution in [-0.2, 0) is 0 Å². The molecule has 0 radical (unpaired) electrons. The van der Waals surface area contributed by atoms with Crippen LogP contribution in [0.4, 0.5) is 0 Å². The predicted octanol–water partition coefficient (Wildman–Crippen LogP) is 1.96. The van der Waals surface area contributed by atoms with E-state index in [-0.39, 0.29) is 11.1 Å². The Morgan fingerprint density at radius 1 is 1.27 bits per heavy atom. The van der Waals surface area contributed by atoms with Gasteiger partial charge < -0.3 is 5.32 Å². The van der Waals surface area contributed by atoms with Gasteiger partial charge in [-0.15, -0.1) is 0 Å². The summed E-state index contributed by atoms with van der Waals surface area (Å²) in [6, 6.07) is 0. The van der Waals surface area contributed by atoms with E-state index >= 15 is 0 Å². The lowest BCUT2D eigenvalue weighted by atomic mass is 9.85. The van der Waals surface area contributed by atoms with Gasteiger partial charge in [-0.3, -0.25) is 4.99 Å². The van der Waals surface area contributed by atoms with Crippen LogP contribution in [0.1, 0.15) is 41.0 Å². The molecule has 64 valence electrons. The summed E-state index contributed by atoms with van der Waals surface area (Å²) in [7, 11) is 0. The van der Waals surface area contributed by atoms with E-state index in [1.807, 2.05) is 0 Å². The lowest BCUT2D eigenvalue weighted by Gasteiger charge is -2.32. The average molecular weight is 154 g/mol. The maximum Gasteiger partial charge on any atom is 0.0972 e. The van der Waals surface area contributed by atoms with Gasteiger partial charge >= 0.3 is 0 Å². The van der Waals surface area contributed by atoms with Crippen molar-refractivity contribution in [1.29, 1.82) is 0 Å². The van der Waals surface area contributed by atoms with Crippen molar-refractivity contribution in [3.8, 4) is 0 Å². The number of hydrogen-bond acceptors (Lipinski definition) is 2. The first kappa shape index (κ1) is 8.57. The highest BCUT2D eigenvalue weighted by Crippen LogP contribution is 2.30. The summed E-state index contributed by atoms with van der Waals surface area (Å²) in [4.78, 5) is 4.60. The Morgan fingerprint density at radius 3 is 2.00 bits per heavy atom. The molecule has 0 spiro atoms. The maximum absolute atomic E-state index is 4.60. The van der Waals surface area contributed by atoms with Crippen LogP contribution in [0, 0.1) is 0 Å². The molecule has 0 bridgehead atoms. The van der Waals surface area contributed by atoms with Crippen molar-refractivity contribution in [3.63, 3.8) is 0 Å². The summed E-state index contributed by atoms with van der Waals surface area (Å²) in [5, 5.41) is 3.42. The van der Waals surface area contributed by atoms with Gasteiger partial charge in [0.15, 0.2) is 0 Å². The molecule has 0 atom stereocenters. The number of rotatable bonds is 1. The summed E-state index contributed by atoms with van der Waals surface area (Å²) in [5.74, 6) is 1.14. The van der Waals surface area contributed by atoms with Crippen LogP contribution in [0.15, 0.2) is 4.99 Å². The van der Waals surface area contributed by atoms with E-state index in [0.29, 0.717) is 0 Å². The minimum absolute atomic E-state index is 0.0400. The summed E-state index contributed by atoms with van der Waals surface area (Å²) < 4.78 is 0. The first-order chi connectivity index (χ1) is 4.89. The van der Waals surface area contributed by atoms with Crippen molar-refractivity contribution in [3.05, 3.63) is 0 Å². The molecular weight excluding hydrogens is 136 g/mol. The molecule has 1 rings (SSSR count). The third-order valence-corrected chi connectivity index (χ3v) is 2.74. The predicted molar refractivity (Wildman–Crippen MR) is 49.0 cm³/mol. The van der Waals surface area contributed by atoms with Crippen LogP contribution < -0.4 is 5.32 Å². The molecule has 0 amide bonds. The zero-order chi connectivity index (χ0) is 8.70. The van der Waals surface area contributed by atoms with Crippen molar-refractivity contribution < 1.29 is 0 Å². The molecule has 0 aliphatic carbocycles. The molecule has 1 N–H and O–H groups in total. The Morgan fingerprint density at radius 2 is 1.82 bits per heavy atom. The van der Waals surface area contributed by atoms with E-state index in [1.54, 1.807) is 0 Å². The number of aliphatic imine (C=N–C) groups is 1. The molecule has 0 unspecified atom stereocenters. The molecular formula is C9H18N2. The van der Waals surface area contributed by atoms with E-state index in [9.17, 15) is 0 Å². The molecule has 0 aromatic heterocycles. The summed E-state index contributed by atoms with van der Waals surface area (Å²) >= 11 is 0. The van der Waals surface area contributed by atoms with Crippen molar-refractivity contribution >= 4 is 5.84 Å². The van der Waals surface area contributed by atoms with Gasteiger partial charge in [-0.25, -0.2) is 0 Å². The highest BCUT2D eigenvalue weighted by atomic mass is 15.2. The smallest absolute Gasteiger partial charge is 0.0972 e. The molecule has 0 aromatic rings. The molecule has 0 saturated heterocycles. The van der Waals surface area contributed by atoms with Gasteiger partial charge in [0.2, 0.25) is 0 Å². The van der Waals surface area contributed by atoms with Crippen LogP contribution >= 0.6 is 0 Å². The van der Waals surface area contributed by atoms with Crippen molar-refractivity contribution in [2.45, 2.75) is 52.1 Å². The highest BCUT2D eigenvalue weighted by molar-refractivity contribution is 5.85. The second-order valence-corrected chi connectivity index (χ2v) is 4.22. The largest absolute Gasteiger partial charge is 0.367 e. The fourth-order valence-electron chi connectivity index (χ4n) is 1.19. The molecule has 1 aliphatic rings. The van der Waals surface area contributed by atoms with Crippen LogP contribution in [0.2, 0.25) is 0 Å². The van der Waals surface area contributed by atoms with E-state index in [4.69, 9.17) is 0 Å². The minimum Gasteiger partial charge on any atom is -0.367 e. The first-order valence-electron chi connectivity index (χ1n) is 4.26. The quantitative estimate of drug-likeness (QED) is 0.613. The molecule has 1 heterocycles. The first-order valence-corrected chi connectivity index (χ1v) is 4.26. The summed E-state index contributed by atoms with van der Waals surface area (Å²) in [6.07, 6.45) is 1.01. The van der Waals surface area contributed by atoms with Gasteiger partial charge in [0, 0.05) is 6.42 Å². The Kier molecular flexibility index (Phi) is 1.73. The third-order valence-electron chi connectivity index (χ3n) is 2.74. The van der Waals surface area contributed by atoms with Crippen molar-refractivity contribution in [1.82, 2.24) is 5.32 Å². The minimum atomic E-state index is 0.0400. The average Bonchev–Trinajstić information content (AvgIpc) is 2.03. The fourth-order valence-corrected chi connectivity index (χ4v) is 1.19. The normalized spacial score (nSPS) is 26.1. The van der Waals surface area contributed by atoms with Gasteiger partial charge in [-0.05, 0) is 27.7 Å². The Bertz CT molecular complexity index is 190. The van der Waals surface area contributed by atoms with Crippen LogP contribution in [0.25, 0.3) is 0 Å². The van der Waals surface area contributed by atoms with Gasteiger partial charge in [0.05, 0.1) is 16.9 Å². The van der Waals surface area contributed by atoms with Gasteiger partial charge in [-0.2, -0.15) is 0 Å². The summed E-state index contributed by atoms with van der Waals surface area (Å²) in [5.41, 5.74) is 0.149.